The molecule has 1 saturated heterocycles. The van der Waals surface area contributed by atoms with Gasteiger partial charge in [-0.25, -0.2) is 4.98 Å². The third-order valence-corrected chi connectivity index (χ3v) is 9.31. The highest BCUT2D eigenvalue weighted by atomic mass is 28.3. The first-order valence-corrected chi connectivity index (χ1v) is 16.6. The molecule has 8 heteroatoms. The number of hydrogen-bond donors (Lipinski definition) is 0. The molecule has 5 rings (SSSR count). The fourth-order valence-corrected chi connectivity index (χ4v) is 6.33. The molecule has 2 aromatic rings. The van der Waals surface area contributed by atoms with Gasteiger partial charge in [-0.1, -0.05) is 19.6 Å². The number of ether oxygens (including phenoxy) is 3. The average molecular weight is 485 g/mol. The third-order valence-electron chi connectivity index (χ3n) is 7.61. The van der Waals surface area contributed by atoms with Gasteiger partial charge in [0.05, 0.1) is 19.4 Å². The lowest BCUT2D eigenvalue weighted by Crippen LogP contribution is -2.35. The lowest BCUT2D eigenvalue weighted by Gasteiger charge is -2.35. The van der Waals surface area contributed by atoms with Crippen molar-refractivity contribution >= 4 is 13.9 Å². The summed E-state index contributed by atoms with van der Waals surface area (Å²) in [6, 6.07) is 3.58. The molecule has 1 saturated carbocycles. The van der Waals surface area contributed by atoms with Crippen molar-refractivity contribution in [3.8, 4) is 0 Å². The van der Waals surface area contributed by atoms with Crippen LogP contribution in [0, 0.1) is 5.92 Å². The van der Waals surface area contributed by atoms with E-state index >= 15 is 0 Å². The predicted octanol–water partition coefficient (Wildman–Crippen LogP) is 4.56. The molecule has 4 heterocycles. The number of pyridine rings is 1. The van der Waals surface area contributed by atoms with Crippen LogP contribution in [0.4, 0.5) is 5.82 Å². The zero-order valence-corrected chi connectivity index (χ0v) is 22.3. The summed E-state index contributed by atoms with van der Waals surface area (Å²) in [4.78, 5) is 7.27. The summed E-state index contributed by atoms with van der Waals surface area (Å²) in [6.07, 6.45) is 11.6. The van der Waals surface area contributed by atoms with Crippen LogP contribution in [0.25, 0.3) is 0 Å². The van der Waals surface area contributed by atoms with Crippen LogP contribution < -0.4 is 4.90 Å². The van der Waals surface area contributed by atoms with E-state index in [1.807, 2.05) is 17.9 Å². The molecule has 2 aromatic heterocycles. The first-order chi connectivity index (χ1) is 16.3. The summed E-state index contributed by atoms with van der Waals surface area (Å²) in [5.74, 6) is 1.73. The monoisotopic (exact) mass is 484 g/mol. The summed E-state index contributed by atoms with van der Waals surface area (Å²) < 4.78 is 19.8. The molecule has 7 nitrogen and oxygen atoms in total. The Kier molecular flexibility index (Phi) is 6.85. The van der Waals surface area contributed by atoms with Gasteiger partial charge >= 0.3 is 0 Å². The molecule has 1 atom stereocenters. The van der Waals surface area contributed by atoms with E-state index in [9.17, 15) is 0 Å². The molecule has 34 heavy (non-hydrogen) atoms. The Morgan fingerprint density at radius 3 is 2.59 bits per heavy atom. The van der Waals surface area contributed by atoms with E-state index < -0.39 is 8.07 Å². The number of fused-ring (bicyclic) bond motifs is 1. The Morgan fingerprint density at radius 2 is 1.91 bits per heavy atom. The highest BCUT2D eigenvalue weighted by molar-refractivity contribution is 6.76. The maximum absolute atomic E-state index is 6.11. The van der Waals surface area contributed by atoms with Gasteiger partial charge in [0.15, 0.2) is 5.79 Å². The molecule has 2 aliphatic heterocycles. The minimum absolute atomic E-state index is 0.284. The standard InChI is InChI=1S/C26H40N4O3Si/c1-29-17-22(16-28-29)24-18-30(19-31-11-12-34(2,3)4)25-23(24)14-21(15-27-25)13-20-5-7-26(8-6-20)32-9-10-33-26/h14-17,20,24H,5-13,18-19H2,1-4H3. The van der Waals surface area contributed by atoms with Crippen LogP contribution >= 0.6 is 0 Å². The van der Waals surface area contributed by atoms with Gasteiger partial charge in [-0.15, -0.1) is 0 Å². The second kappa shape index (κ2) is 9.72. The molecule has 0 N–H and O–H groups in total. The van der Waals surface area contributed by atoms with Crippen LogP contribution in [0.1, 0.15) is 48.3 Å². The van der Waals surface area contributed by atoms with E-state index in [0.29, 0.717) is 12.6 Å². The maximum Gasteiger partial charge on any atom is 0.168 e. The number of hydrogen-bond acceptors (Lipinski definition) is 6. The van der Waals surface area contributed by atoms with Crippen molar-refractivity contribution < 1.29 is 14.2 Å². The molecule has 1 aliphatic carbocycles. The molecule has 1 spiro atoms. The zero-order chi connectivity index (χ0) is 23.8. The molecular formula is C26H40N4O3Si. The molecule has 0 bridgehead atoms. The smallest absolute Gasteiger partial charge is 0.168 e. The molecule has 0 radical (unpaired) electrons. The Morgan fingerprint density at radius 1 is 1.15 bits per heavy atom. The van der Waals surface area contributed by atoms with E-state index in [1.54, 1.807) is 0 Å². The van der Waals surface area contributed by atoms with Crippen molar-refractivity contribution in [2.75, 3.05) is 38.0 Å². The van der Waals surface area contributed by atoms with Crippen LogP contribution in [0.15, 0.2) is 24.7 Å². The van der Waals surface area contributed by atoms with Gasteiger partial charge in [0.1, 0.15) is 12.5 Å². The summed E-state index contributed by atoms with van der Waals surface area (Å²) in [6.45, 7) is 11.0. The highest BCUT2D eigenvalue weighted by Gasteiger charge is 2.40. The lowest BCUT2D eigenvalue weighted by atomic mass is 9.81. The van der Waals surface area contributed by atoms with Gasteiger partial charge in [-0.3, -0.25) is 4.68 Å². The number of aryl methyl sites for hydroxylation is 1. The van der Waals surface area contributed by atoms with Gasteiger partial charge < -0.3 is 19.1 Å². The van der Waals surface area contributed by atoms with Gasteiger partial charge in [-0.05, 0) is 48.4 Å². The molecule has 3 aliphatic rings. The Bertz CT molecular complexity index is 973. The first kappa shape index (κ1) is 24.0. The van der Waals surface area contributed by atoms with Gasteiger partial charge in [0.2, 0.25) is 0 Å². The fourth-order valence-electron chi connectivity index (χ4n) is 5.57. The van der Waals surface area contributed by atoms with Gasteiger partial charge in [0.25, 0.3) is 0 Å². The normalized spacial score (nSPS) is 22.6. The van der Waals surface area contributed by atoms with E-state index in [1.165, 1.54) is 22.7 Å². The molecular weight excluding hydrogens is 444 g/mol. The number of rotatable bonds is 8. The largest absolute Gasteiger partial charge is 0.361 e. The van der Waals surface area contributed by atoms with Gasteiger partial charge in [0, 0.05) is 65.0 Å². The number of nitrogens with zero attached hydrogens (tertiary/aromatic N) is 4. The maximum atomic E-state index is 6.11. The SMILES string of the molecule is Cn1cc(C2CN(COCC[Si](C)(C)C)c3ncc(CC4CCC5(CC4)OCCO5)cc32)cn1. The van der Waals surface area contributed by atoms with Gasteiger partial charge in [-0.2, -0.15) is 5.10 Å². The Balaban J connectivity index is 1.28. The summed E-state index contributed by atoms with van der Waals surface area (Å²) >= 11 is 0. The van der Waals surface area contributed by atoms with Crippen molar-refractivity contribution in [3.63, 3.8) is 0 Å². The van der Waals surface area contributed by atoms with E-state index in [4.69, 9.17) is 19.2 Å². The van der Waals surface area contributed by atoms with Crippen molar-refractivity contribution in [2.45, 2.75) is 69.5 Å². The first-order valence-electron chi connectivity index (χ1n) is 12.9. The van der Waals surface area contributed by atoms with Crippen LogP contribution in [0.3, 0.4) is 0 Å². The summed E-state index contributed by atoms with van der Waals surface area (Å²) in [7, 11) is 0.890. The number of aromatic nitrogens is 3. The third kappa shape index (κ3) is 5.40. The van der Waals surface area contributed by atoms with Crippen molar-refractivity contribution in [1.29, 1.82) is 0 Å². The average Bonchev–Trinajstić information content (AvgIpc) is 3.52. The van der Waals surface area contributed by atoms with Crippen LogP contribution in [0.2, 0.25) is 25.7 Å². The van der Waals surface area contributed by atoms with E-state index in [-0.39, 0.29) is 11.7 Å². The van der Waals surface area contributed by atoms with Crippen molar-refractivity contribution in [1.82, 2.24) is 14.8 Å². The molecule has 2 fully saturated rings. The highest BCUT2D eigenvalue weighted by Crippen LogP contribution is 2.42. The van der Waals surface area contributed by atoms with E-state index in [0.717, 1.165) is 64.3 Å². The van der Waals surface area contributed by atoms with Crippen molar-refractivity contribution in [3.05, 3.63) is 41.3 Å². The molecule has 0 aromatic carbocycles. The molecule has 186 valence electrons. The molecule has 1 unspecified atom stereocenters. The topological polar surface area (TPSA) is 61.6 Å². The zero-order valence-electron chi connectivity index (χ0n) is 21.3. The second-order valence-electron chi connectivity index (χ2n) is 11.6. The quantitative estimate of drug-likeness (QED) is 0.404. The van der Waals surface area contributed by atoms with Crippen LogP contribution in [-0.2, 0) is 27.7 Å². The van der Waals surface area contributed by atoms with Crippen molar-refractivity contribution in [2.24, 2.45) is 13.0 Å². The Labute approximate surface area is 204 Å². The number of anilines is 1. The minimum atomic E-state index is -1.09. The minimum Gasteiger partial charge on any atom is -0.361 e. The van der Waals surface area contributed by atoms with E-state index in [2.05, 4.69) is 48.1 Å². The predicted molar refractivity (Wildman–Crippen MR) is 136 cm³/mol. The molecule has 0 amide bonds. The fraction of sp³-hybridized carbons (Fsp3) is 0.692. The Hall–Kier alpha value is -1.74. The second-order valence-corrected chi connectivity index (χ2v) is 17.2. The lowest BCUT2D eigenvalue weighted by molar-refractivity contribution is -0.182. The summed E-state index contributed by atoms with van der Waals surface area (Å²) in [5, 5.41) is 4.44. The van der Waals surface area contributed by atoms with Crippen LogP contribution in [-0.4, -0.2) is 61.7 Å². The summed E-state index contributed by atoms with van der Waals surface area (Å²) in [5.41, 5.74) is 3.90. The van der Waals surface area contributed by atoms with Crippen LogP contribution in [0.5, 0.6) is 0 Å².